The van der Waals surface area contributed by atoms with Crippen LogP contribution in [0.15, 0.2) is 47.1 Å². The number of halogens is 2. The van der Waals surface area contributed by atoms with Crippen LogP contribution >= 0.6 is 23.2 Å². The maximum atomic E-state index is 12.3. The quantitative estimate of drug-likeness (QED) is 0.570. The molecule has 0 bridgehead atoms. The van der Waals surface area contributed by atoms with Gasteiger partial charge < -0.3 is 9.84 Å². The zero-order chi connectivity index (χ0) is 21.6. The molecule has 162 valence electrons. The number of carbonyl (C=O) groups is 1. The lowest BCUT2D eigenvalue weighted by atomic mass is 10.0. The predicted molar refractivity (Wildman–Crippen MR) is 119 cm³/mol. The fraction of sp³-hybridized carbons (Fsp3) is 0.364. The lowest BCUT2D eigenvalue weighted by Crippen LogP contribution is -2.44. The molecule has 0 unspecified atom stereocenters. The fourth-order valence-corrected chi connectivity index (χ4v) is 3.93. The molecule has 0 atom stereocenters. The smallest absolute Gasteiger partial charge is 0.227 e. The second-order valence-corrected chi connectivity index (χ2v) is 8.41. The van der Waals surface area contributed by atoms with Crippen LogP contribution in [-0.4, -0.2) is 45.1 Å². The third-order valence-electron chi connectivity index (χ3n) is 5.27. The summed E-state index contributed by atoms with van der Waals surface area (Å²) in [5, 5.41) is 8.20. The van der Waals surface area contributed by atoms with Crippen molar-refractivity contribution in [1.29, 1.82) is 0 Å². The van der Waals surface area contributed by atoms with Crippen LogP contribution in [0.1, 0.15) is 30.7 Å². The van der Waals surface area contributed by atoms with Gasteiger partial charge >= 0.3 is 0 Å². The van der Waals surface area contributed by atoms with Gasteiger partial charge in [0.2, 0.25) is 17.6 Å². The van der Waals surface area contributed by atoms with Gasteiger partial charge in [0.25, 0.3) is 0 Å². The van der Waals surface area contributed by atoms with Crippen molar-refractivity contribution < 1.29 is 9.32 Å². The Kier molecular flexibility index (Phi) is 7.17. The number of hydrogen-bond acceptors (Lipinski definition) is 6. The van der Waals surface area contributed by atoms with E-state index in [0.717, 1.165) is 38.0 Å². The summed E-state index contributed by atoms with van der Waals surface area (Å²) in [7, 11) is 0. The van der Waals surface area contributed by atoms with Gasteiger partial charge in [0.05, 0.1) is 10.0 Å². The Morgan fingerprint density at radius 1 is 1.16 bits per heavy atom. The monoisotopic (exact) mass is 459 g/mol. The van der Waals surface area contributed by atoms with Crippen LogP contribution in [0, 0.1) is 0 Å². The molecule has 1 aliphatic heterocycles. The van der Waals surface area contributed by atoms with Crippen molar-refractivity contribution in [3.8, 4) is 11.5 Å². The van der Waals surface area contributed by atoms with E-state index in [9.17, 15) is 4.79 Å². The molecule has 1 aliphatic rings. The minimum Gasteiger partial charge on any atom is -0.353 e. The first kappa shape index (κ1) is 21.7. The number of nitrogens with one attached hydrogen (secondary N) is 1. The van der Waals surface area contributed by atoms with E-state index in [4.69, 9.17) is 27.7 Å². The van der Waals surface area contributed by atoms with E-state index in [1.165, 1.54) is 0 Å². The molecule has 1 aromatic carbocycles. The molecule has 3 aromatic rings. The third kappa shape index (κ3) is 6.03. The van der Waals surface area contributed by atoms with Gasteiger partial charge in [-0.15, -0.1) is 0 Å². The summed E-state index contributed by atoms with van der Waals surface area (Å²) in [6.07, 6.45) is 4.22. The van der Waals surface area contributed by atoms with Crippen LogP contribution in [0.3, 0.4) is 0 Å². The number of likely N-dealkylation sites (tertiary alicyclic amines) is 1. The van der Waals surface area contributed by atoms with Crippen LogP contribution in [0.5, 0.6) is 0 Å². The molecule has 0 saturated carbocycles. The number of piperidine rings is 1. The topological polar surface area (TPSA) is 84.1 Å². The summed E-state index contributed by atoms with van der Waals surface area (Å²) < 4.78 is 5.24. The number of pyridine rings is 1. The molecule has 2 aromatic heterocycles. The first-order chi connectivity index (χ1) is 15.1. The molecule has 1 N–H and O–H groups in total. The van der Waals surface area contributed by atoms with E-state index in [2.05, 4.69) is 25.3 Å². The standard InChI is InChI=1S/C22H23Cl2N5O2/c23-17-5-4-15(13-18(17)24)14-29-11-8-16(9-12-29)26-20(30)6-7-21-27-22(28-31-21)19-3-1-2-10-25-19/h1-5,10,13,16H,6-9,11-12,14H2,(H,26,30). The van der Waals surface area contributed by atoms with Gasteiger partial charge in [-0.1, -0.05) is 40.5 Å². The van der Waals surface area contributed by atoms with Crippen LogP contribution in [-0.2, 0) is 17.8 Å². The van der Waals surface area contributed by atoms with Crippen molar-refractivity contribution in [1.82, 2.24) is 25.3 Å². The molecular formula is C22H23Cl2N5O2. The Hall–Kier alpha value is -2.48. The van der Waals surface area contributed by atoms with Crippen molar-refractivity contribution >= 4 is 29.1 Å². The number of benzene rings is 1. The van der Waals surface area contributed by atoms with E-state index < -0.39 is 0 Å². The number of nitrogens with zero attached hydrogens (tertiary/aromatic N) is 4. The highest BCUT2D eigenvalue weighted by molar-refractivity contribution is 6.42. The molecule has 9 heteroatoms. The third-order valence-corrected chi connectivity index (χ3v) is 6.01. The van der Waals surface area contributed by atoms with Gasteiger partial charge in [-0.25, -0.2) is 0 Å². The highest BCUT2D eigenvalue weighted by atomic mass is 35.5. The van der Waals surface area contributed by atoms with Gasteiger partial charge in [0.1, 0.15) is 5.69 Å². The van der Waals surface area contributed by atoms with Crippen molar-refractivity contribution in [2.75, 3.05) is 13.1 Å². The van der Waals surface area contributed by atoms with Gasteiger partial charge in [-0.2, -0.15) is 4.98 Å². The van der Waals surface area contributed by atoms with E-state index >= 15 is 0 Å². The molecule has 0 aliphatic carbocycles. The summed E-state index contributed by atoms with van der Waals surface area (Å²) in [5.74, 6) is 0.873. The fourth-order valence-electron chi connectivity index (χ4n) is 3.61. The molecule has 3 heterocycles. The molecule has 0 spiro atoms. The number of carbonyl (C=O) groups excluding carboxylic acids is 1. The normalized spacial score (nSPS) is 15.2. The van der Waals surface area contributed by atoms with Crippen LogP contribution in [0.25, 0.3) is 11.5 Å². The highest BCUT2D eigenvalue weighted by Crippen LogP contribution is 2.24. The Morgan fingerprint density at radius 3 is 2.74 bits per heavy atom. The molecule has 1 saturated heterocycles. The summed E-state index contributed by atoms with van der Waals surface area (Å²) in [6, 6.07) is 11.4. The van der Waals surface area contributed by atoms with Crippen molar-refractivity contribution in [2.45, 2.75) is 38.3 Å². The van der Waals surface area contributed by atoms with Gasteiger partial charge in [-0.05, 0) is 42.7 Å². The number of aryl methyl sites for hydroxylation is 1. The zero-order valence-electron chi connectivity index (χ0n) is 16.9. The Bertz CT molecular complexity index is 1020. The molecule has 31 heavy (non-hydrogen) atoms. The Morgan fingerprint density at radius 2 is 2.00 bits per heavy atom. The summed E-state index contributed by atoms with van der Waals surface area (Å²) in [4.78, 5) is 23.2. The second-order valence-electron chi connectivity index (χ2n) is 7.59. The second kappa shape index (κ2) is 10.2. The number of hydrogen-bond donors (Lipinski definition) is 1. The summed E-state index contributed by atoms with van der Waals surface area (Å²) >= 11 is 12.1. The van der Waals surface area contributed by atoms with Crippen LogP contribution in [0.2, 0.25) is 10.0 Å². The van der Waals surface area contributed by atoms with Crippen LogP contribution in [0.4, 0.5) is 0 Å². The lowest BCUT2D eigenvalue weighted by molar-refractivity contribution is -0.122. The van der Waals surface area contributed by atoms with E-state index in [-0.39, 0.29) is 11.9 Å². The largest absolute Gasteiger partial charge is 0.353 e. The lowest BCUT2D eigenvalue weighted by Gasteiger charge is -2.32. The zero-order valence-corrected chi connectivity index (χ0v) is 18.4. The van der Waals surface area contributed by atoms with Crippen LogP contribution < -0.4 is 5.32 Å². The average molecular weight is 460 g/mol. The van der Waals surface area contributed by atoms with Crippen molar-refractivity contribution in [2.24, 2.45) is 0 Å². The maximum Gasteiger partial charge on any atom is 0.227 e. The van der Waals surface area contributed by atoms with E-state index in [0.29, 0.717) is 40.3 Å². The van der Waals surface area contributed by atoms with E-state index in [1.807, 2.05) is 36.4 Å². The molecule has 4 rings (SSSR count). The van der Waals surface area contributed by atoms with Crippen molar-refractivity contribution in [3.63, 3.8) is 0 Å². The maximum absolute atomic E-state index is 12.3. The molecule has 1 amide bonds. The first-order valence-corrected chi connectivity index (χ1v) is 11.0. The summed E-state index contributed by atoms with van der Waals surface area (Å²) in [6.45, 7) is 2.66. The summed E-state index contributed by atoms with van der Waals surface area (Å²) in [5.41, 5.74) is 1.79. The van der Waals surface area contributed by atoms with Crippen molar-refractivity contribution in [3.05, 3.63) is 64.1 Å². The highest BCUT2D eigenvalue weighted by Gasteiger charge is 2.21. The predicted octanol–water partition coefficient (Wildman–Crippen LogP) is 4.15. The first-order valence-electron chi connectivity index (χ1n) is 10.3. The number of amides is 1. The number of aromatic nitrogens is 3. The van der Waals surface area contributed by atoms with Gasteiger partial charge in [-0.3, -0.25) is 14.7 Å². The van der Waals surface area contributed by atoms with Gasteiger partial charge in [0.15, 0.2) is 0 Å². The van der Waals surface area contributed by atoms with Gasteiger partial charge in [0, 0.05) is 44.7 Å². The minimum atomic E-state index is 0.000481. The Labute approximate surface area is 190 Å². The molecular weight excluding hydrogens is 437 g/mol. The molecule has 1 fully saturated rings. The number of rotatable bonds is 7. The minimum absolute atomic E-state index is 0.000481. The molecule has 7 nitrogen and oxygen atoms in total. The Balaban J connectivity index is 1.19. The SMILES string of the molecule is O=C(CCc1nc(-c2ccccn2)no1)NC1CCN(Cc2ccc(Cl)c(Cl)c2)CC1. The average Bonchev–Trinajstić information content (AvgIpc) is 3.26. The molecule has 0 radical (unpaired) electrons. The van der Waals surface area contributed by atoms with E-state index in [1.54, 1.807) is 6.20 Å².